The second-order valence-corrected chi connectivity index (χ2v) is 3.52. The van der Waals surface area contributed by atoms with Gasteiger partial charge < -0.3 is 9.64 Å². The van der Waals surface area contributed by atoms with E-state index >= 15 is 0 Å². The predicted molar refractivity (Wildman–Crippen MR) is 55.4 cm³/mol. The van der Waals surface area contributed by atoms with Crippen LogP contribution in [0.3, 0.4) is 0 Å². The number of nitrogens with zero attached hydrogens (tertiary/aromatic N) is 1. The van der Waals surface area contributed by atoms with Gasteiger partial charge in [-0.15, -0.1) is 0 Å². The van der Waals surface area contributed by atoms with Crippen LogP contribution in [0.1, 0.15) is 0 Å². The van der Waals surface area contributed by atoms with Crippen LogP contribution in [0.15, 0.2) is 36.1 Å². The summed E-state index contributed by atoms with van der Waals surface area (Å²) in [4.78, 5) is 2.14. The first-order valence-electron chi connectivity index (χ1n) is 4.41. The van der Waals surface area contributed by atoms with E-state index < -0.39 is 0 Å². The molecule has 0 bridgehead atoms. The van der Waals surface area contributed by atoms with Crippen LogP contribution in [0.4, 0.5) is 0 Å². The Morgan fingerprint density at radius 3 is 2.77 bits per heavy atom. The van der Waals surface area contributed by atoms with Crippen LogP contribution in [0.25, 0.3) is 0 Å². The molecular formula is C11H17NO. The van der Waals surface area contributed by atoms with Crippen LogP contribution in [-0.2, 0) is 4.74 Å². The molecule has 0 saturated carbocycles. The monoisotopic (exact) mass is 179 g/mol. The van der Waals surface area contributed by atoms with E-state index in [9.17, 15) is 0 Å². The third-order valence-corrected chi connectivity index (χ3v) is 2.15. The van der Waals surface area contributed by atoms with E-state index in [1.807, 2.05) is 18.2 Å². The van der Waals surface area contributed by atoms with Gasteiger partial charge in [0.2, 0.25) is 0 Å². The fraction of sp³-hybridized carbons (Fsp3) is 0.455. The van der Waals surface area contributed by atoms with Gasteiger partial charge >= 0.3 is 0 Å². The summed E-state index contributed by atoms with van der Waals surface area (Å²) in [7, 11) is 5.82. The maximum atomic E-state index is 5.30. The third kappa shape index (κ3) is 2.46. The first-order valence-corrected chi connectivity index (χ1v) is 4.41. The summed E-state index contributed by atoms with van der Waals surface area (Å²) >= 11 is 0. The summed E-state index contributed by atoms with van der Waals surface area (Å²) in [6, 6.07) is 0. The lowest BCUT2D eigenvalue weighted by Gasteiger charge is -2.25. The van der Waals surface area contributed by atoms with Crippen LogP contribution in [0.5, 0.6) is 0 Å². The van der Waals surface area contributed by atoms with Gasteiger partial charge in [-0.25, -0.2) is 0 Å². The topological polar surface area (TPSA) is 12.5 Å². The summed E-state index contributed by atoms with van der Waals surface area (Å²) in [5.41, 5.74) is 1.12. The molecule has 0 saturated heterocycles. The fourth-order valence-corrected chi connectivity index (χ4v) is 1.46. The van der Waals surface area contributed by atoms with E-state index in [1.54, 1.807) is 7.11 Å². The van der Waals surface area contributed by atoms with Crippen molar-refractivity contribution in [3.8, 4) is 0 Å². The number of hydrogen-bond donors (Lipinski definition) is 0. The average Bonchev–Trinajstić information content (AvgIpc) is 2.08. The van der Waals surface area contributed by atoms with E-state index in [4.69, 9.17) is 4.74 Å². The van der Waals surface area contributed by atoms with Crippen molar-refractivity contribution < 1.29 is 4.74 Å². The van der Waals surface area contributed by atoms with E-state index in [2.05, 4.69) is 25.6 Å². The highest BCUT2D eigenvalue weighted by molar-refractivity contribution is 5.34. The Morgan fingerprint density at radius 1 is 1.54 bits per heavy atom. The Kier molecular flexibility index (Phi) is 3.32. The van der Waals surface area contributed by atoms with Crippen molar-refractivity contribution in [1.82, 2.24) is 4.90 Å². The Morgan fingerprint density at radius 2 is 2.23 bits per heavy atom. The van der Waals surface area contributed by atoms with E-state index in [1.165, 1.54) is 0 Å². The maximum Gasteiger partial charge on any atom is 0.104 e. The Bertz CT molecular complexity index is 251. The molecular weight excluding hydrogens is 162 g/mol. The lowest BCUT2D eigenvalue weighted by Crippen LogP contribution is -2.25. The molecule has 0 fully saturated rings. The van der Waals surface area contributed by atoms with Crippen molar-refractivity contribution in [2.45, 2.75) is 0 Å². The van der Waals surface area contributed by atoms with Gasteiger partial charge in [0, 0.05) is 6.54 Å². The Balaban J connectivity index is 2.74. The summed E-state index contributed by atoms with van der Waals surface area (Å²) in [6.07, 6.45) is 6.02. The van der Waals surface area contributed by atoms with Crippen molar-refractivity contribution in [2.24, 2.45) is 5.92 Å². The van der Waals surface area contributed by atoms with Gasteiger partial charge in [-0.3, -0.25) is 0 Å². The normalized spacial score (nSPS) is 22.0. The zero-order chi connectivity index (χ0) is 9.84. The SMILES string of the molecule is C=C1C=CC=C(OC)C1CN(C)C. The highest BCUT2D eigenvalue weighted by Gasteiger charge is 2.19. The average molecular weight is 179 g/mol. The lowest BCUT2D eigenvalue weighted by atomic mass is 9.93. The zero-order valence-corrected chi connectivity index (χ0v) is 8.58. The van der Waals surface area contributed by atoms with Crippen LogP contribution < -0.4 is 0 Å². The molecule has 1 rings (SSSR count). The second kappa shape index (κ2) is 4.28. The molecule has 0 N–H and O–H groups in total. The molecule has 0 radical (unpaired) electrons. The molecule has 2 nitrogen and oxygen atoms in total. The number of ether oxygens (including phenoxy) is 1. The van der Waals surface area contributed by atoms with Gasteiger partial charge in [0.25, 0.3) is 0 Å². The number of allylic oxidation sites excluding steroid dienone is 3. The first-order chi connectivity index (χ1) is 6.15. The van der Waals surface area contributed by atoms with Gasteiger partial charge in [0.1, 0.15) is 5.76 Å². The molecule has 0 amide bonds. The molecule has 0 aromatic carbocycles. The molecule has 72 valence electrons. The molecule has 1 aliphatic rings. The lowest BCUT2D eigenvalue weighted by molar-refractivity contribution is 0.230. The van der Waals surface area contributed by atoms with Crippen molar-refractivity contribution >= 4 is 0 Å². The summed E-state index contributed by atoms with van der Waals surface area (Å²) < 4.78 is 5.30. The van der Waals surface area contributed by atoms with Crippen molar-refractivity contribution in [2.75, 3.05) is 27.7 Å². The van der Waals surface area contributed by atoms with Gasteiger partial charge in [-0.2, -0.15) is 0 Å². The van der Waals surface area contributed by atoms with Gasteiger partial charge in [0.15, 0.2) is 0 Å². The highest BCUT2D eigenvalue weighted by atomic mass is 16.5. The number of hydrogen-bond acceptors (Lipinski definition) is 2. The molecule has 13 heavy (non-hydrogen) atoms. The molecule has 0 heterocycles. The molecule has 1 unspecified atom stereocenters. The zero-order valence-electron chi connectivity index (χ0n) is 8.58. The Labute approximate surface area is 80.2 Å². The first kappa shape index (κ1) is 10.1. The minimum atomic E-state index is 0.310. The van der Waals surface area contributed by atoms with E-state index in [0.717, 1.165) is 17.9 Å². The van der Waals surface area contributed by atoms with Gasteiger partial charge in [0.05, 0.1) is 13.0 Å². The van der Waals surface area contributed by atoms with Crippen LogP contribution in [0.2, 0.25) is 0 Å². The van der Waals surface area contributed by atoms with Crippen LogP contribution in [0, 0.1) is 5.92 Å². The fourth-order valence-electron chi connectivity index (χ4n) is 1.46. The second-order valence-electron chi connectivity index (χ2n) is 3.52. The van der Waals surface area contributed by atoms with Gasteiger partial charge in [-0.1, -0.05) is 18.7 Å². The number of rotatable bonds is 3. The van der Waals surface area contributed by atoms with Crippen LogP contribution in [-0.4, -0.2) is 32.6 Å². The van der Waals surface area contributed by atoms with E-state index in [-0.39, 0.29) is 0 Å². The highest BCUT2D eigenvalue weighted by Crippen LogP contribution is 2.25. The minimum absolute atomic E-state index is 0.310. The molecule has 0 aliphatic heterocycles. The molecule has 0 aromatic heterocycles. The summed E-state index contributed by atoms with van der Waals surface area (Å²) in [5.74, 6) is 1.31. The molecule has 2 heteroatoms. The summed E-state index contributed by atoms with van der Waals surface area (Å²) in [6.45, 7) is 4.96. The van der Waals surface area contributed by atoms with E-state index in [0.29, 0.717) is 5.92 Å². The predicted octanol–water partition coefficient (Wildman–Crippen LogP) is 1.82. The standard InChI is InChI=1S/C11H17NO/c1-9-6-5-7-11(13-4)10(9)8-12(2)3/h5-7,10H,1,8H2,2-4H3. The van der Waals surface area contributed by atoms with Crippen LogP contribution >= 0.6 is 0 Å². The summed E-state index contributed by atoms with van der Waals surface area (Å²) in [5, 5.41) is 0. The third-order valence-electron chi connectivity index (χ3n) is 2.15. The Hall–Kier alpha value is -1.02. The van der Waals surface area contributed by atoms with Crippen molar-refractivity contribution in [3.05, 3.63) is 36.1 Å². The molecule has 0 aromatic rings. The largest absolute Gasteiger partial charge is 0.500 e. The quantitative estimate of drug-likeness (QED) is 0.655. The minimum Gasteiger partial charge on any atom is -0.500 e. The molecule has 1 atom stereocenters. The van der Waals surface area contributed by atoms with Gasteiger partial charge in [-0.05, 0) is 25.7 Å². The smallest absolute Gasteiger partial charge is 0.104 e. The molecule has 1 aliphatic carbocycles. The number of methoxy groups -OCH3 is 1. The van der Waals surface area contributed by atoms with Crippen molar-refractivity contribution in [3.63, 3.8) is 0 Å². The van der Waals surface area contributed by atoms with Crippen molar-refractivity contribution in [1.29, 1.82) is 0 Å². The maximum absolute atomic E-state index is 5.30. The molecule has 0 spiro atoms.